The van der Waals surface area contributed by atoms with Gasteiger partial charge in [-0.3, -0.25) is 0 Å². The highest BCUT2D eigenvalue weighted by Crippen LogP contribution is 2.40. The summed E-state index contributed by atoms with van der Waals surface area (Å²) in [5, 5.41) is 0. The van der Waals surface area contributed by atoms with Gasteiger partial charge in [0.1, 0.15) is 0 Å². The fraction of sp³-hybridized carbons (Fsp3) is 0.647. The van der Waals surface area contributed by atoms with Crippen molar-refractivity contribution in [2.45, 2.75) is 60.8 Å². The van der Waals surface area contributed by atoms with E-state index >= 15 is 0 Å². The molecule has 0 amide bonds. The van der Waals surface area contributed by atoms with E-state index in [0.29, 0.717) is 5.41 Å². The van der Waals surface area contributed by atoms with Crippen LogP contribution < -0.4 is 5.73 Å². The number of hydrogen-bond donors (Lipinski definition) is 1. The van der Waals surface area contributed by atoms with Crippen LogP contribution in [-0.2, 0) is 0 Å². The number of nitrogens with two attached hydrogens (primary N) is 1. The molecule has 0 saturated heterocycles. The zero-order chi connectivity index (χ0) is 14.2. The van der Waals surface area contributed by atoms with Crippen molar-refractivity contribution in [3.05, 3.63) is 34.9 Å². The Hall–Kier alpha value is -0.820. The van der Waals surface area contributed by atoms with Gasteiger partial charge in [0.25, 0.3) is 0 Å². The van der Waals surface area contributed by atoms with E-state index in [-0.39, 0.29) is 0 Å². The van der Waals surface area contributed by atoms with E-state index in [9.17, 15) is 0 Å². The normalized spacial score (nSPS) is 19.8. The summed E-state index contributed by atoms with van der Waals surface area (Å²) in [4.78, 5) is 0. The smallest absolute Gasteiger partial charge is 0.0104 e. The first-order chi connectivity index (χ1) is 8.38. The summed E-state index contributed by atoms with van der Waals surface area (Å²) in [5.41, 5.74) is 9.69. The molecular weight excluding hydrogens is 218 g/mol. The zero-order valence-corrected chi connectivity index (χ0v) is 13.1. The maximum Gasteiger partial charge on any atom is -0.0104 e. The van der Waals surface area contributed by atoms with Crippen molar-refractivity contribution in [3.8, 4) is 0 Å². The summed E-state index contributed by atoms with van der Waals surface area (Å²) >= 11 is 0. The van der Waals surface area contributed by atoms with E-state index in [1.165, 1.54) is 24.8 Å². The standard InChI is InChI=1S/C15H24.C2H7N/c1-6-12(2)9-10-14-13(3)8-7-11-15(14,4)5;1-2-3/h6,9-10H,7-8,11H2,1-5H3;2-3H2,1H3/b10-9+,12-6?;. The van der Waals surface area contributed by atoms with E-state index in [0.717, 1.165) is 6.54 Å². The Morgan fingerprint density at radius 3 is 2.39 bits per heavy atom. The zero-order valence-electron chi connectivity index (χ0n) is 13.1. The van der Waals surface area contributed by atoms with Gasteiger partial charge < -0.3 is 5.73 Å². The van der Waals surface area contributed by atoms with Crippen LogP contribution in [0.15, 0.2) is 34.9 Å². The molecule has 1 nitrogen and oxygen atoms in total. The van der Waals surface area contributed by atoms with Crippen LogP contribution in [0.4, 0.5) is 0 Å². The minimum Gasteiger partial charge on any atom is -0.331 e. The highest BCUT2D eigenvalue weighted by atomic mass is 14.5. The fourth-order valence-corrected chi connectivity index (χ4v) is 2.32. The lowest BCUT2D eigenvalue weighted by Gasteiger charge is -2.32. The largest absolute Gasteiger partial charge is 0.331 e. The van der Waals surface area contributed by atoms with E-state index in [1.807, 2.05) is 6.92 Å². The van der Waals surface area contributed by atoms with Gasteiger partial charge in [-0.1, -0.05) is 50.1 Å². The van der Waals surface area contributed by atoms with Crippen molar-refractivity contribution in [1.82, 2.24) is 0 Å². The van der Waals surface area contributed by atoms with Crippen LogP contribution in [0.3, 0.4) is 0 Å². The summed E-state index contributed by atoms with van der Waals surface area (Å²) in [6.07, 6.45) is 10.7. The number of allylic oxidation sites excluding steroid dienone is 6. The van der Waals surface area contributed by atoms with Crippen LogP contribution in [-0.4, -0.2) is 6.54 Å². The summed E-state index contributed by atoms with van der Waals surface area (Å²) in [6, 6.07) is 0. The second-order valence-electron chi connectivity index (χ2n) is 5.71. The Kier molecular flexibility index (Phi) is 7.93. The fourth-order valence-electron chi connectivity index (χ4n) is 2.32. The molecule has 0 radical (unpaired) electrons. The van der Waals surface area contributed by atoms with Crippen LogP contribution in [0.25, 0.3) is 0 Å². The molecule has 0 saturated carbocycles. The van der Waals surface area contributed by atoms with Crippen LogP contribution >= 0.6 is 0 Å². The first-order valence-electron chi connectivity index (χ1n) is 7.10. The Labute approximate surface area is 114 Å². The molecule has 0 aromatic carbocycles. The van der Waals surface area contributed by atoms with Crippen molar-refractivity contribution in [3.63, 3.8) is 0 Å². The molecule has 0 unspecified atom stereocenters. The maximum atomic E-state index is 4.85. The van der Waals surface area contributed by atoms with Gasteiger partial charge in [-0.15, -0.1) is 0 Å². The van der Waals surface area contributed by atoms with Crippen LogP contribution in [0.1, 0.15) is 60.8 Å². The average Bonchev–Trinajstić information content (AvgIpc) is 2.28. The molecule has 0 aromatic rings. The molecule has 0 bridgehead atoms. The molecule has 0 spiro atoms. The monoisotopic (exact) mass is 249 g/mol. The first kappa shape index (κ1) is 17.2. The second kappa shape index (κ2) is 8.31. The van der Waals surface area contributed by atoms with Gasteiger partial charge in [-0.05, 0) is 57.6 Å². The van der Waals surface area contributed by atoms with Crippen LogP contribution in [0, 0.1) is 5.41 Å². The lowest BCUT2D eigenvalue weighted by atomic mass is 9.72. The van der Waals surface area contributed by atoms with E-state index in [2.05, 4.69) is 52.8 Å². The molecule has 104 valence electrons. The molecule has 0 heterocycles. The average molecular weight is 249 g/mol. The quantitative estimate of drug-likeness (QED) is 0.685. The number of rotatable bonds is 2. The SMILES string of the molecule is CC=C(C)/C=C/C1=C(C)CCCC1(C)C.CCN. The summed E-state index contributed by atoms with van der Waals surface area (Å²) in [7, 11) is 0. The third-order valence-electron chi connectivity index (χ3n) is 3.51. The summed E-state index contributed by atoms with van der Waals surface area (Å²) < 4.78 is 0. The molecule has 18 heavy (non-hydrogen) atoms. The van der Waals surface area contributed by atoms with Crippen molar-refractivity contribution in [2.24, 2.45) is 11.1 Å². The van der Waals surface area contributed by atoms with Gasteiger partial charge in [0.2, 0.25) is 0 Å². The van der Waals surface area contributed by atoms with Gasteiger partial charge in [-0.25, -0.2) is 0 Å². The Morgan fingerprint density at radius 1 is 1.39 bits per heavy atom. The van der Waals surface area contributed by atoms with Gasteiger partial charge in [0.15, 0.2) is 0 Å². The van der Waals surface area contributed by atoms with Gasteiger partial charge in [0, 0.05) is 0 Å². The van der Waals surface area contributed by atoms with Crippen LogP contribution in [0.5, 0.6) is 0 Å². The predicted octanol–water partition coefficient (Wildman–Crippen LogP) is 5.00. The first-order valence-corrected chi connectivity index (χ1v) is 7.10. The molecule has 0 fully saturated rings. The second-order valence-corrected chi connectivity index (χ2v) is 5.71. The summed E-state index contributed by atoms with van der Waals surface area (Å²) in [6.45, 7) is 13.9. The lowest BCUT2D eigenvalue weighted by Crippen LogP contribution is -2.19. The highest BCUT2D eigenvalue weighted by molar-refractivity contribution is 5.35. The van der Waals surface area contributed by atoms with Crippen LogP contribution in [0.2, 0.25) is 0 Å². The summed E-state index contributed by atoms with van der Waals surface area (Å²) in [5.74, 6) is 0. The van der Waals surface area contributed by atoms with Gasteiger partial charge in [-0.2, -0.15) is 0 Å². The molecule has 0 aliphatic heterocycles. The molecule has 0 aromatic heterocycles. The van der Waals surface area contributed by atoms with E-state index in [1.54, 1.807) is 11.1 Å². The molecular formula is C17H31N. The van der Waals surface area contributed by atoms with Crippen molar-refractivity contribution in [1.29, 1.82) is 0 Å². The third-order valence-corrected chi connectivity index (χ3v) is 3.51. The molecule has 1 aliphatic carbocycles. The van der Waals surface area contributed by atoms with Crippen molar-refractivity contribution >= 4 is 0 Å². The maximum absolute atomic E-state index is 4.85. The Balaban J connectivity index is 0.000000873. The van der Waals surface area contributed by atoms with Gasteiger partial charge >= 0.3 is 0 Å². The molecule has 2 N–H and O–H groups in total. The molecule has 1 heteroatoms. The topological polar surface area (TPSA) is 26.0 Å². The Morgan fingerprint density at radius 2 is 1.94 bits per heavy atom. The van der Waals surface area contributed by atoms with Crippen molar-refractivity contribution < 1.29 is 0 Å². The van der Waals surface area contributed by atoms with Crippen molar-refractivity contribution in [2.75, 3.05) is 6.54 Å². The number of hydrogen-bond acceptors (Lipinski definition) is 1. The predicted molar refractivity (Wildman–Crippen MR) is 83.6 cm³/mol. The minimum absolute atomic E-state index is 0.368. The molecule has 1 aliphatic rings. The third kappa shape index (κ3) is 5.68. The van der Waals surface area contributed by atoms with Gasteiger partial charge in [0.05, 0.1) is 0 Å². The molecule has 0 atom stereocenters. The molecule has 1 rings (SSSR count). The van der Waals surface area contributed by atoms with E-state index < -0.39 is 0 Å². The highest BCUT2D eigenvalue weighted by Gasteiger charge is 2.26. The van der Waals surface area contributed by atoms with E-state index in [4.69, 9.17) is 5.73 Å². The minimum atomic E-state index is 0.368. The Bertz CT molecular complexity index is 330. The lowest BCUT2D eigenvalue weighted by molar-refractivity contribution is 0.377.